The molecule has 1 aromatic heterocycles. The van der Waals surface area contributed by atoms with Gasteiger partial charge in [-0.1, -0.05) is 11.6 Å². The van der Waals surface area contributed by atoms with E-state index in [1.165, 1.54) is 24.5 Å². The summed E-state index contributed by atoms with van der Waals surface area (Å²) >= 11 is 5.71. The highest BCUT2D eigenvalue weighted by molar-refractivity contribution is 6.30. The first-order chi connectivity index (χ1) is 16.3. The van der Waals surface area contributed by atoms with Gasteiger partial charge in [0.15, 0.2) is 5.58 Å². The van der Waals surface area contributed by atoms with Crippen molar-refractivity contribution in [3.63, 3.8) is 0 Å². The number of nitrogens with zero attached hydrogens (tertiary/aromatic N) is 1. The molecule has 3 heterocycles. The largest absolute Gasteiger partial charge is 0.462 e. The highest BCUT2D eigenvalue weighted by atomic mass is 35.5. The number of carbonyl (C=O) groups excluding carboxylic acids is 3. The van der Waals surface area contributed by atoms with Crippen molar-refractivity contribution in [2.45, 2.75) is 24.8 Å². The Labute approximate surface area is 197 Å². The van der Waals surface area contributed by atoms with Crippen LogP contribution in [0.4, 0.5) is 25.0 Å². The van der Waals surface area contributed by atoms with Crippen LogP contribution < -0.4 is 20.9 Å². The van der Waals surface area contributed by atoms with Gasteiger partial charge in [0, 0.05) is 41.5 Å². The maximum absolute atomic E-state index is 15.2. The molecule has 0 unspecified atom stereocenters. The fourth-order valence-electron chi connectivity index (χ4n) is 4.37. The lowest BCUT2D eigenvalue weighted by Crippen LogP contribution is -2.60. The van der Waals surface area contributed by atoms with Crippen LogP contribution in [-0.4, -0.2) is 37.0 Å². The molecule has 5 rings (SSSR count). The predicted octanol–water partition coefficient (Wildman–Crippen LogP) is 3.89. The minimum absolute atomic E-state index is 0.00137. The molecule has 2 aliphatic heterocycles. The molecular formula is C23H19ClF2N4O4. The topological polar surface area (TPSA) is 104 Å². The number of furan rings is 1. The summed E-state index contributed by atoms with van der Waals surface area (Å²) in [5.41, 5.74) is 1.13. The molecule has 0 saturated carbocycles. The number of hydrogen-bond donors (Lipinski definition) is 3. The van der Waals surface area contributed by atoms with Crippen molar-refractivity contribution < 1.29 is 27.6 Å². The van der Waals surface area contributed by atoms with E-state index in [4.69, 9.17) is 16.0 Å². The number of nitrogens with one attached hydrogen (secondary N) is 3. The third-order valence-corrected chi connectivity index (χ3v) is 6.27. The number of amides is 4. The van der Waals surface area contributed by atoms with Crippen molar-refractivity contribution in [3.8, 4) is 0 Å². The number of fused-ring (bicyclic) bond motifs is 1. The average molecular weight is 489 g/mol. The van der Waals surface area contributed by atoms with Crippen molar-refractivity contribution in [1.29, 1.82) is 0 Å². The van der Waals surface area contributed by atoms with Gasteiger partial charge in [0.2, 0.25) is 11.8 Å². The molecule has 0 radical (unpaired) electrons. The number of imide groups is 1. The Hall–Kier alpha value is -3.66. The fraction of sp³-hybridized carbons (Fsp3) is 0.261. The fourth-order valence-corrected chi connectivity index (χ4v) is 4.53. The molecule has 2 saturated heterocycles. The normalized spacial score (nSPS) is 18.6. The molecule has 2 aromatic carbocycles. The van der Waals surface area contributed by atoms with E-state index in [1.807, 2.05) is 4.90 Å². The van der Waals surface area contributed by atoms with E-state index in [1.54, 1.807) is 6.07 Å². The summed E-state index contributed by atoms with van der Waals surface area (Å²) in [5.74, 6) is -2.89. The quantitative estimate of drug-likeness (QED) is 0.483. The number of carbonyl (C=O) groups is 3. The van der Waals surface area contributed by atoms with Gasteiger partial charge in [-0.2, -0.15) is 0 Å². The number of hydrogen-bond acceptors (Lipinski definition) is 5. The maximum Gasteiger partial charge on any atom is 0.319 e. The zero-order valence-electron chi connectivity index (χ0n) is 17.7. The summed E-state index contributed by atoms with van der Waals surface area (Å²) in [4.78, 5) is 37.8. The minimum Gasteiger partial charge on any atom is -0.462 e. The van der Waals surface area contributed by atoms with Gasteiger partial charge in [-0.15, -0.1) is 0 Å². The monoisotopic (exact) mass is 488 g/mol. The molecule has 1 atom stereocenters. The Kier molecular flexibility index (Phi) is 5.60. The first-order valence-electron chi connectivity index (χ1n) is 10.6. The Balaban J connectivity index is 1.28. The number of urea groups is 1. The van der Waals surface area contributed by atoms with Gasteiger partial charge in [0.25, 0.3) is 0 Å². The Bertz CT molecular complexity index is 1320. The van der Waals surface area contributed by atoms with Gasteiger partial charge < -0.3 is 20.0 Å². The molecule has 2 fully saturated rings. The number of halogens is 3. The molecule has 34 heavy (non-hydrogen) atoms. The van der Waals surface area contributed by atoms with Gasteiger partial charge in [0.1, 0.15) is 11.6 Å². The van der Waals surface area contributed by atoms with Crippen LogP contribution in [0.2, 0.25) is 5.02 Å². The lowest BCUT2D eigenvalue weighted by atomic mass is 9.87. The zero-order valence-corrected chi connectivity index (χ0v) is 18.4. The summed E-state index contributed by atoms with van der Waals surface area (Å²) < 4.78 is 34.7. The van der Waals surface area contributed by atoms with Crippen LogP contribution >= 0.6 is 11.6 Å². The Morgan fingerprint density at radius 2 is 1.94 bits per heavy atom. The van der Waals surface area contributed by atoms with Gasteiger partial charge in [-0.25, -0.2) is 13.6 Å². The lowest BCUT2D eigenvalue weighted by Gasteiger charge is -2.41. The van der Waals surface area contributed by atoms with E-state index in [9.17, 15) is 18.8 Å². The average Bonchev–Trinajstić information content (AvgIpc) is 3.23. The van der Waals surface area contributed by atoms with E-state index in [0.717, 1.165) is 6.07 Å². The second-order valence-corrected chi connectivity index (χ2v) is 8.72. The van der Waals surface area contributed by atoms with Crippen LogP contribution in [0.5, 0.6) is 0 Å². The van der Waals surface area contributed by atoms with E-state index in [2.05, 4.69) is 16.0 Å². The lowest BCUT2D eigenvalue weighted by molar-refractivity contribution is -0.134. The molecule has 176 valence electrons. The molecule has 3 aromatic rings. The molecule has 0 aliphatic carbocycles. The summed E-state index contributed by atoms with van der Waals surface area (Å²) in [6.45, 7) is 0.757. The molecule has 0 spiro atoms. The Morgan fingerprint density at radius 1 is 1.15 bits per heavy atom. The molecule has 8 nitrogen and oxygen atoms in total. The molecular weight excluding hydrogens is 470 g/mol. The summed E-state index contributed by atoms with van der Waals surface area (Å²) in [6.07, 6.45) is 1.78. The van der Waals surface area contributed by atoms with Crippen molar-refractivity contribution in [1.82, 2.24) is 10.6 Å². The number of rotatable bonds is 4. The predicted molar refractivity (Wildman–Crippen MR) is 121 cm³/mol. The van der Waals surface area contributed by atoms with Gasteiger partial charge >= 0.3 is 6.03 Å². The second kappa shape index (κ2) is 8.60. The van der Waals surface area contributed by atoms with Crippen molar-refractivity contribution in [2.75, 3.05) is 23.3 Å². The first-order valence-corrected chi connectivity index (χ1v) is 11.0. The minimum atomic E-state index is -0.783. The number of benzene rings is 2. The second-order valence-electron chi connectivity index (χ2n) is 8.28. The first kappa shape index (κ1) is 22.1. The third-order valence-electron chi connectivity index (χ3n) is 6.03. The maximum atomic E-state index is 15.2. The smallest absolute Gasteiger partial charge is 0.319 e. The zero-order chi connectivity index (χ0) is 24.0. The molecule has 11 heteroatoms. The molecule has 2 aliphatic rings. The highest BCUT2D eigenvalue weighted by Crippen LogP contribution is 2.39. The van der Waals surface area contributed by atoms with Crippen molar-refractivity contribution in [3.05, 3.63) is 58.8 Å². The summed E-state index contributed by atoms with van der Waals surface area (Å²) in [5, 5.41) is 8.12. The van der Waals surface area contributed by atoms with Crippen LogP contribution in [0, 0.1) is 11.6 Å². The van der Waals surface area contributed by atoms with E-state index in [0.29, 0.717) is 29.7 Å². The van der Waals surface area contributed by atoms with Gasteiger partial charge in [-0.3, -0.25) is 14.9 Å². The SMILES string of the molecule is O=C1CC[C@@H](c2c(F)cc(N3CC(NC(=O)Nc4ccc(Cl)cc4F)C3)c3occc23)C(=O)N1. The van der Waals surface area contributed by atoms with Crippen LogP contribution in [0.1, 0.15) is 24.3 Å². The number of anilines is 2. The van der Waals surface area contributed by atoms with Crippen molar-refractivity contribution >= 4 is 51.8 Å². The summed E-state index contributed by atoms with van der Waals surface area (Å²) in [7, 11) is 0. The molecule has 3 N–H and O–H groups in total. The van der Waals surface area contributed by atoms with E-state index >= 15 is 4.39 Å². The molecule has 4 amide bonds. The van der Waals surface area contributed by atoms with Crippen molar-refractivity contribution in [2.24, 2.45) is 0 Å². The van der Waals surface area contributed by atoms with Crippen LogP contribution in [0.3, 0.4) is 0 Å². The van der Waals surface area contributed by atoms with Gasteiger partial charge in [-0.05, 0) is 30.7 Å². The highest BCUT2D eigenvalue weighted by Gasteiger charge is 2.35. The standard InChI is InChI=1S/C23H19ClF2N4O4/c24-11-1-3-17(15(25)7-11)28-23(33)27-12-9-30(10-12)18-8-16(26)20(13-5-6-34-21(13)18)14-2-4-19(31)29-22(14)32/h1,3,5-8,12,14H,2,4,9-10H2,(H2,27,28,33)(H,29,31,32)/t14-/m0/s1. The number of piperidine rings is 1. The summed E-state index contributed by atoms with van der Waals surface area (Å²) in [6, 6.07) is 6.02. The van der Waals surface area contributed by atoms with Gasteiger partial charge in [0.05, 0.1) is 29.6 Å². The third kappa shape index (κ3) is 4.05. The van der Waals surface area contributed by atoms with E-state index < -0.39 is 29.5 Å². The van der Waals surface area contributed by atoms with E-state index in [-0.39, 0.29) is 41.1 Å². The Morgan fingerprint density at radius 3 is 2.68 bits per heavy atom. The van der Waals surface area contributed by atoms with Crippen LogP contribution in [0.25, 0.3) is 11.0 Å². The van der Waals surface area contributed by atoms with Crippen LogP contribution in [-0.2, 0) is 9.59 Å². The molecule has 0 bridgehead atoms. The van der Waals surface area contributed by atoms with Crippen LogP contribution in [0.15, 0.2) is 41.0 Å².